The summed E-state index contributed by atoms with van der Waals surface area (Å²) in [6, 6.07) is 8.09. The molecule has 2 aliphatic heterocycles. The number of aliphatic hydroxyl groups is 1. The van der Waals surface area contributed by atoms with Crippen molar-refractivity contribution in [2.24, 2.45) is 0 Å². The maximum absolute atomic E-state index is 10.6. The van der Waals surface area contributed by atoms with Gasteiger partial charge in [-0.25, -0.2) is 0 Å². The Hall–Kier alpha value is -1.40. The lowest BCUT2D eigenvalue weighted by Gasteiger charge is -2.38. The fourth-order valence-electron chi connectivity index (χ4n) is 3.57. The molecule has 4 rings (SSSR count). The molecule has 1 atom stereocenters. The van der Waals surface area contributed by atoms with Crippen molar-refractivity contribution in [3.63, 3.8) is 0 Å². The summed E-state index contributed by atoms with van der Waals surface area (Å²) in [4.78, 5) is 5.52. The third kappa shape index (κ3) is 2.54. The van der Waals surface area contributed by atoms with E-state index in [4.69, 9.17) is 9.47 Å². The number of benzene rings is 1. The minimum Gasteiger partial charge on any atom is -0.387 e. The van der Waals surface area contributed by atoms with Gasteiger partial charge in [-0.1, -0.05) is 18.2 Å². The van der Waals surface area contributed by atoms with Crippen molar-refractivity contribution in [1.29, 1.82) is 0 Å². The smallest absolute Gasteiger partial charge is 0.170 e. The molecule has 0 unspecified atom stereocenters. The van der Waals surface area contributed by atoms with Crippen molar-refractivity contribution >= 4 is 10.9 Å². The van der Waals surface area contributed by atoms with Crippen LogP contribution in [0.2, 0.25) is 0 Å². The SMILES string of the molecule is O[C@H](CN1CCC2(CC1)OCCO2)c1c[nH]c2ccccc12. The molecule has 1 aromatic heterocycles. The Kier molecular flexibility index (Phi) is 3.66. The molecule has 2 fully saturated rings. The van der Waals surface area contributed by atoms with Crippen LogP contribution in [0.3, 0.4) is 0 Å². The third-order valence-electron chi connectivity index (χ3n) is 4.84. The van der Waals surface area contributed by atoms with Crippen LogP contribution in [-0.4, -0.2) is 53.6 Å². The summed E-state index contributed by atoms with van der Waals surface area (Å²) < 4.78 is 11.5. The lowest BCUT2D eigenvalue weighted by atomic mass is 10.0. The molecule has 2 aliphatic rings. The Balaban J connectivity index is 1.41. The predicted molar refractivity (Wildman–Crippen MR) is 83.6 cm³/mol. The largest absolute Gasteiger partial charge is 0.387 e. The van der Waals surface area contributed by atoms with Gasteiger partial charge in [0, 0.05) is 55.1 Å². The molecule has 0 radical (unpaired) electrons. The van der Waals surface area contributed by atoms with E-state index < -0.39 is 6.10 Å². The summed E-state index contributed by atoms with van der Waals surface area (Å²) >= 11 is 0. The lowest BCUT2D eigenvalue weighted by molar-refractivity contribution is -0.186. The van der Waals surface area contributed by atoms with Crippen molar-refractivity contribution < 1.29 is 14.6 Å². The Bertz CT molecular complexity index is 638. The molecular formula is C17H22N2O3. The van der Waals surface area contributed by atoms with E-state index in [1.54, 1.807) is 0 Å². The zero-order valence-electron chi connectivity index (χ0n) is 12.6. The van der Waals surface area contributed by atoms with Crippen LogP contribution < -0.4 is 0 Å². The number of piperidine rings is 1. The van der Waals surface area contributed by atoms with Gasteiger partial charge >= 0.3 is 0 Å². The molecule has 5 heteroatoms. The molecular weight excluding hydrogens is 280 g/mol. The highest BCUT2D eigenvalue weighted by Crippen LogP contribution is 2.32. The van der Waals surface area contributed by atoms with Crippen LogP contribution in [0.4, 0.5) is 0 Å². The summed E-state index contributed by atoms with van der Waals surface area (Å²) in [5, 5.41) is 11.7. The van der Waals surface area contributed by atoms with Gasteiger partial charge in [-0.05, 0) is 6.07 Å². The minimum absolute atomic E-state index is 0.345. The Morgan fingerprint density at radius 3 is 2.68 bits per heavy atom. The van der Waals surface area contributed by atoms with Crippen molar-refractivity contribution in [2.75, 3.05) is 32.8 Å². The highest BCUT2D eigenvalue weighted by Gasteiger charge is 2.40. The number of aliphatic hydroxyl groups excluding tert-OH is 1. The van der Waals surface area contributed by atoms with Crippen LogP contribution in [0, 0.1) is 0 Å². The second-order valence-electron chi connectivity index (χ2n) is 6.21. The quantitative estimate of drug-likeness (QED) is 0.911. The second kappa shape index (κ2) is 5.66. The number of aromatic amines is 1. The number of nitrogens with zero attached hydrogens (tertiary/aromatic N) is 1. The third-order valence-corrected chi connectivity index (χ3v) is 4.84. The van der Waals surface area contributed by atoms with Gasteiger partial charge in [-0.2, -0.15) is 0 Å². The van der Waals surface area contributed by atoms with Gasteiger partial charge in [-0.3, -0.25) is 0 Å². The Labute approximate surface area is 129 Å². The molecule has 22 heavy (non-hydrogen) atoms. The first-order valence-corrected chi connectivity index (χ1v) is 8.00. The van der Waals surface area contributed by atoms with E-state index in [0.29, 0.717) is 19.8 Å². The first kappa shape index (κ1) is 14.2. The van der Waals surface area contributed by atoms with Gasteiger partial charge in [0.1, 0.15) is 0 Å². The number of hydrogen-bond acceptors (Lipinski definition) is 4. The molecule has 1 aromatic carbocycles. The van der Waals surface area contributed by atoms with Gasteiger partial charge in [0.05, 0.1) is 19.3 Å². The molecule has 0 bridgehead atoms. The number of para-hydroxylation sites is 1. The fraction of sp³-hybridized carbons (Fsp3) is 0.529. The number of fused-ring (bicyclic) bond motifs is 1. The van der Waals surface area contributed by atoms with Crippen molar-refractivity contribution in [1.82, 2.24) is 9.88 Å². The summed E-state index contributed by atoms with van der Waals surface area (Å²) in [6.45, 7) is 3.87. The molecule has 2 saturated heterocycles. The number of aromatic nitrogens is 1. The van der Waals surface area contributed by atoms with E-state index in [2.05, 4.69) is 16.0 Å². The molecule has 2 N–H and O–H groups in total. The average Bonchev–Trinajstić information content (AvgIpc) is 3.17. The van der Waals surface area contributed by atoms with Crippen molar-refractivity contribution in [2.45, 2.75) is 24.7 Å². The van der Waals surface area contributed by atoms with Gasteiger partial charge in [0.15, 0.2) is 5.79 Å². The normalized spacial score (nSPS) is 23.3. The zero-order valence-corrected chi connectivity index (χ0v) is 12.6. The standard InChI is InChI=1S/C17H22N2O3/c20-16(14-11-18-15-4-2-1-3-13(14)15)12-19-7-5-17(6-8-19)21-9-10-22-17/h1-4,11,16,18,20H,5-10,12H2/t16-/m1/s1. The summed E-state index contributed by atoms with van der Waals surface area (Å²) in [5.41, 5.74) is 2.05. The van der Waals surface area contributed by atoms with E-state index in [-0.39, 0.29) is 5.79 Å². The Morgan fingerprint density at radius 2 is 1.91 bits per heavy atom. The molecule has 0 aliphatic carbocycles. The molecule has 1 spiro atoms. The highest BCUT2D eigenvalue weighted by atomic mass is 16.7. The molecule has 0 amide bonds. The Morgan fingerprint density at radius 1 is 1.18 bits per heavy atom. The second-order valence-corrected chi connectivity index (χ2v) is 6.21. The van der Waals surface area contributed by atoms with E-state index >= 15 is 0 Å². The van der Waals surface area contributed by atoms with Gasteiger partial charge in [-0.15, -0.1) is 0 Å². The summed E-state index contributed by atoms with van der Waals surface area (Å²) in [5.74, 6) is -0.345. The number of hydrogen-bond donors (Lipinski definition) is 2. The number of nitrogens with one attached hydrogen (secondary N) is 1. The molecule has 5 nitrogen and oxygen atoms in total. The van der Waals surface area contributed by atoms with E-state index in [1.807, 2.05) is 24.4 Å². The van der Waals surface area contributed by atoms with Crippen LogP contribution in [-0.2, 0) is 9.47 Å². The number of likely N-dealkylation sites (tertiary alicyclic amines) is 1. The van der Waals surface area contributed by atoms with Crippen molar-refractivity contribution in [3.05, 3.63) is 36.0 Å². The van der Waals surface area contributed by atoms with E-state index in [0.717, 1.165) is 42.4 Å². The summed E-state index contributed by atoms with van der Waals surface area (Å²) in [6.07, 6.45) is 3.21. The fourth-order valence-corrected chi connectivity index (χ4v) is 3.57. The average molecular weight is 302 g/mol. The highest BCUT2D eigenvalue weighted by molar-refractivity contribution is 5.83. The van der Waals surface area contributed by atoms with Gasteiger partial charge in [0.25, 0.3) is 0 Å². The number of ether oxygens (including phenoxy) is 2. The van der Waals surface area contributed by atoms with E-state index in [1.165, 1.54) is 0 Å². The van der Waals surface area contributed by atoms with Gasteiger partial charge < -0.3 is 24.5 Å². The number of β-amino-alcohol motifs (C(OH)–C–C–N with tert-alkyl or cyclic N) is 1. The number of rotatable bonds is 3. The minimum atomic E-state index is -0.476. The lowest BCUT2D eigenvalue weighted by Crippen LogP contribution is -2.46. The predicted octanol–water partition coefficient (Wildman–Crippen LogP) is 2.04. The van der Waals surface area contributed by atoms with Crippen LogP contribution >= 0.6 is 0 Å². The molecule has 0 saturated carbocycles. The molecule has 3 heterocycles. The van der Waals surface area contributed by atoms with Crippen LogP contribution in [0.1, 0.15) is 24.5 Å². The maximum Gasteiger partial charge on any atom is 0.170 e. The topological polar surface area (TPSA) is 57.7 Å². The first-order chi connectivity index (χ1) is 10.8. The van der Waals surface area contributed by atoms with Crippen LogP contribution in [0.5, 0.6) is 0 Å². The molecule has 118 valence electrons. The summed E-state index contributed by atoms with van der Waals surface area (Å²) in [7, 11) is 0. The monoisotopic (exact) mass is 302 g/mol. The maximum atomic E-state index is 10.6. The number of H-pyrrole nitrogens is 1. The first-order valence-electron chi connectivity index (χ1n) is 8.00. The van der Waals surface area contributed by atoms with Gasteiger partial charge in [0.2, 0.25) is 0 Å². The molecule has 2 aromatic rings. The van der Waals surface area contributed by atoms with E-state index in [9.17, 15) is 5.11 Å². The van der Waals surface area contributed by atoms with Crippen LogP contribution in [0.25, 0.3) is 10.9 Å². The van der Waals surface area contributed by atoms with Crippen LogP contribution in [0.15, 0.2) is 30.5 Å². The zero-order chi connectivity index (χ0) is 15.0. The van der Waals surface area contributed by atoms with Crippen molar-refractivity contribution in [3.8, 4) is 0 Å².